The van der Waals surface area contributed by atoms with Crippen LogP contribution in [0.2, 0.25) is 0 Å². The quantitative estimate of drug-likeness (QED) is 0.518. The number of rotatable bonds is 1. The molecule has 0 radical (unpaired) electrons. The molecule has 1 rings (SSSR count). The van der Waals surface area contributed by atoms with Gasteiger partial charge in [0.2, 0.25) is 0 Å². The van der Waals surface area contributed by atoms with E-state index in [1.54, 1.807) is 5.57 Å². The van der Waals surface area contributed by atoms with Crippen LogP contribution in [0, 0.1) is 5.41 Å². The number of hydrogen-bond acceptors (Lipinski definition) is 0. The van der Waals surface area contributed by atoms with E-state index in [1.807, 2.05) is 0 Å². The van der Waals surface area contributed by atoms with Gasteiger partial charge in [0.15, 0.2) is 0 Å². The summed E-state index contributed by atoms with van der Waals surface area (Å²) >= 11 is 0. The molecule has 0 atom stereocenters. The Labute approximate surface area is 63.6 Å². The topological polar surface area (TPSA) is 0 Å². The van der Waals surface area contributed by atoms with Crippen LogP contribution in [-0.2, 0) is 0 Å². The van der Waals surface area contributed by atoms with Crippen molar-refractivity contribution >= 4 is 0 Å². The van der Waals surface area contributed by atoms with Crippen LogP contribution in [0.15, 0.2) is 23.8 Å². The fourth-order valence-electron chi connectivity index (χ4n) is 1.50. The second-order valence-corrected chi connectivity index (χ2v) is 3.56. The van der Waals surface area contributed by atoms with Gasteiger partial charge in [0.05, 0.1) is 0 Å². The van der Waals surface area contributed by atoms with Crippen molar-refractivity contribution in [3.05, 3.63) is 23.8 Å². The van der Waals surface area contributed by atoms with Gasteiger partial charge in [0.25, 0.3) is 0 Å². The van der Waals surface area contributed by atoms with Gasteiger partial charge in [-0.3, -0.25) is 0 Å². The second kappa shape index (κ2) is 2.61. The number of hydrogen-bond donors (Lipinski definition) is 0. The minimum absolute atomic E-state index is 0.420. The van der Waals surface area contributed by atoms with Crippen LogP contribution in [0.4, 0.5) is 0 Å². The fourth-order valence-corrected chi connectivity index (χ4v) is 1.50. The second-order valence-electron chi connectivity index (χ2n) is 3.56. The summed E-state index contributed by atoms with van der Waals surface area (Å²) in [5, 5.41) is 0. The van der Waals surface area contributed by atoms with Gasteiger partial charge in [-0.25, -0.2) is 0 Å². The normalized spacial score (nSPS) is 22.5. The van der Waals surface area contributed by atoms with Crippen molar-refractivity contribution in [3.63, 3.8) is 0 Å². The number of allylic oxidation sites excluding steroid dienone is 4. The van der Waals surface area contributed by atoms with Crippen LogP contribution >= 0.6 is 0 Å². The zero-order valence-corrected chi connectivity index (χ0v) is 7.15. The van der Waals surface area contributed by atoms with Gasteiger partial charge in [-0.2, -0.15) is 0 Å². The van der Waals surface area contributed by atoms with Gasteiger partial charge in [0, 0.05) is 0 Å². The third kappa shape index (κ3) is 1.31. The third-order valence-electron chi connectivity index (χ3n) is 2.31. The van der Waals surface area contributed by atoms with Crippen LogP contribution in [0.3, 0.4) is 0 Å². The highest BCUT2D eigenvalue weighted by Gasteiger charge is 2.21. The Morgan fingerprint density at radius 2 is 2.20 bits per heavy atom. The Morgan fingerprint density at radius 1 is 1.50 bits per heavy atom. The highest BCUT2D eigenvalue weighted by molar-refractivity contribution is 5.24. The predicted molar refractivity (Wildman–Crippen MR) is 45.9 cm³/mol. The van der Waals surface area contributed by atoms with Gasteiger partial charge in [0.1, 0.15) is 0 Å². The van der Waals surface area contributed by atoms with Crippen LogP contribution in [0.5, 0.6) is 0 Å². The predicted octanol–water partition coefficient (Wildman–Crippen LogP) is 3.31. The Balaban J connectivity index is 2.81. The maximum atomic E-state index is 2.31. The molecule has 0 N–H and O–H groups in total. The maximum absolute atomic E-state index is 2.31. The van der Waals surface area contributed by atoms with Gasteiger partial charge in [-0.15, -0.1) is 0 Å². The molecular formula is C10H16. The molecule has 56 valence electrons. The minimum Gasteiger partial charge on any atom is -0.0837 e. The highest BCUT2D eigenvalue weighted by Crippen LogP contribution is 2.34. The Bertz CT molecular complexity index is 170. The zero-order valence-electron chi connectivity index (χ0n) is 7.15. The summed E-state index contributed by atoms with van der Waals surface area (Å²) in [5.41, 5.74) is 2.00. The molecule has 1 aliphatic carbocycles. The van der Waals surface area contributed by atoms with E-state index in [0.29, 0.717) is 5.41 Å². The van der Waals surface area contributed by atoms with E-state index in [4.69, 9.17) is 0 Å². The molecule has 0 aromatic carbocycles. The van der Waals surface area contributed by atoms with Crippen molar-refractivity contribution in [3.8, 4) is 0 Å². The first-order chi connectivity index (χ1) is 4.67. The monoisotopic (exact) mass is 136 g/mol. The molecule has 0 nitrogen and oxygen atoms in total. The first kappa shape index (κ1) is 7.59. The standard InChI is InChI=1S/C10H16/c1-4-9-7-5-6-8-10(9,2)3/h5-7H,4,8H2,1-3H3. The van der Waals surface area contributed by atoms with Gasteiger partial charge in [-0.1, -0.05) is 44.6 Å². The maximum Gasteiger partial charge on any atom is -0.0107 e. The minimum atomic E-state index is 0.420. The molecule has 0 heteroatoms. The Morgan fingerprint density at radius 3 is 2.60 bits per heavy atom. The lowest BCUT2D eigenvalue weighted by molar-refractivity contribution is 0.436. The van der Waals surface area contributed by atoms with Crippen molar-refractivity contribution in [1.82, 2.24) is 0 Å². The first-order valence-electron chi connectivity index (χ1n) is 4.03. The SMILES string of the molecule is CCC1=CC=CCC1(C)C. The molecule has 0 fully saturated rings. The summed E-state index contributed by atoms with van der Waals surface area (Å²) in [4.78, 5) is 0. The molecule has 0 aromatic rings. The molecule has 0 unspecified atom stereocenters. The van der Waals surface area contributed by atoms with E-state index in [9.17, 15) is 0 Å². The van der Waals surface area contributed by atoms with Crippen LogP contribution in [-0.4, -0.2) is 0 Å². The lowest BCUT2D eigenvalue weighted by atomic mass is 9.77. The molecule has 0 saturated heterocycles. The fraction of sp³-hybridized carbons (Fsp3) is 0.600. The Kier molecular flexibility index (Phi) is 1.98. The largest absolute Gasteiger partial charge is 0.0837 e. The molecule has 0 amide bonds. The van der Waals surface area contributed by atoms with Crippen molar-refractivity contribution in [1.29, 1.82) is 0 Å². The van der Waals surface area contributed by atoms with E-state index in [-0.39, 0.29) is 0 Å². The summed E-state index contributed by atoms with van der Waals surface area (Å²) in [7, 11) is 0. The molecule has 0 saturated carbocycles. The molecule has 0 bridgehead atoms. The average molecular weight is 136 g/mol. The van der Waals surface area contributed by atoms with E-state index >= 15 is 0 Å². The van der Waals surface area contributed by atoms with Gasteiger partial charge < -0.3 is 0 Å². The summed E-state index contributed by atoms with van der Waals surface area (Å²) in [5.74, 6) is 0. The Hall–Kier alpha value is -0.520. The summed E-state index contributed by atoms with van der Waals surface area (Å²) in [6.07, 6.45) is 9.07. The molecule has 0 heterocycles. The van der Waals surface area contributed by atoms with Gasteiger partial charge >= 0.3 is 0 Å². The zero-order chi connectivity index (χ0) is 7.61. The summed E-state index contributed by atoms with van der Waals surface area (Å²) in [6.45, 7) is 6.85. The van der Waals surface area contributed by atoms with Crippen LogP contribution in [0.25, 0.3) is 0 Å². The first-order valence-corrected chi connectivity index (χ1v) is 4.03. The highest BCUT2D eigenvalue weighted by atomic mass is 14.3. The van der Waals surface area contributed by atoms with Crippen LogP contribution < -0.4 is 0 Å². The molecule has 0 aromatic heterocycles. The summed E-state index contributed by atoms with van der Waals surface area (Å²) in [6, 6.07) is 0. The molecule has 0 aliphatic heterocycles. The van der Waals surface area contributed by atoms with Crippen molar-refractivity contribution in [2.75, 3.05) is 0 Å². The van der Waals surface area contributed by atoms with E-state index in [0.717, 1.165) is 0 Å². The smallest absolute Gasteiger partial charge is 0.0107 e. The van der Waals surface area contributed by atoms with Crippen molar-refractivity contribution in [2.24, 2.45) is 5.41 Å². The molecule has 0 spiro atoms. The molecule has 1 aliphatic rings. The van der Waals surface area contributed by atoms with Crippen molar-refractivity contribution < 1.29 is 0 Å². The average Bonchev–Trinajstić information content (AvgIpc) is 1.87. The van der Waals surface area contributed by atoms with Crippen LogP contribution in [0.1, 0.15) is 33.6 Å². The van der Waals surface area contributed by atoms with E-state index < -0.39 is 0 Å². The van der Waals surface area contributed by atoms with E-state index in [1.165, 1.54) is 12.8 Å². The lowest BCUT2D eigenvalue weighted by Gasteiger charge is -2.28. The third-order valence-corrected chi connectivity index (χ3v) is 2.31. The van der Waals surface area contributed by atoms with E-state index in [2.05, 4.69) is 39.0 Å². The van der Waals surface area contributed by atoms with Gasteiger partial charge in [-0.05, 0) is 18.3 Å². The lowest BCUT2D eigenvalue weighted by Crippen LogP contribution is -2.14. The summed E-state index contributed by atoms with van der Waals surface area (Å²) < 4.78 is 0. The molecule has 10 heavy (non-hydrogen) atoms. The van der Waals surface area contributed by atoms with Crippen molar-refractivity contribution in [2.45, 2.75) is 33.6 Å². The molecular weight excluding hydrogens is 120 g/mol.